The standard InChI is InChI=1S/C22H30N2O3/c25-18-13-19-20(14-18)24(22(26)23-19)12-11-21(17-9-5-2-6-10-17)27-15-16-7-3-1-4-8-16/h1,3-4,7-8,17,19-21H,2,5-6,9-15H2,(H,23,26)/t19-,20+,21?/m0/s1. The molecule has 1 N–H and O–H groups in total. The average Bonchev–Trinajstić information content (AvgIpc) is 3.18. The molecule has 1 aromatic rings. The van der Waals surface area contributed by atoms with Crippen molar-refractivity contribution in [2.45, 2.75) is 76.2 Å². The Labute approximate surface area is 161 Å². The summed E-state index contributed by atoms with van der Waals surface area (Å²) in [7, 11) is 0. The number of carbonyl (C=O) groups excluding carboxylic acids is 2. The summed E-state index contributed by atoms with van der Waals surface area (Å²) in [5, 5.41) is 2.98. The molecule has 3 atom stereocenters. The summed E-state index contributed by atoms with van der Waals surface area (Å²) in [6.45, 7) is 1.30. The molecule has 3 fully saturated rings. The van der Waals surface area contributed by atoms with Gasteiger partial charge in [-0.15, -0.1) is 0 Å². The quantitative estimate of drug-likeness (QED) is 0.797. The fraction of sp³-hybridized carbons (Fsp3) is 0.636. The lowest BCUT2D eigenvalue weighted by Gasteiger charge is -2.32. The van der Waals surface area contributed by atoms with E-state index in [4.69, 9.17) is 4.74 Å². The molecule has 0 aromatic heterocycles. The summed E-state index contributed by atoms with van der Waals surface area (Å²) >= 11 is 0. The predicted molar refractivity (Wildman–Crippen MR) is 103 cm³/mol. The van der Waals surface area contributed by atoms with Crippen LogP contribution < -0.4 is 5.32 Å². The number of urea groups is 1. The lowest BCUT2D eigenvalue weighted by molar-refractivity contribution is -0.117. The fourth-order valence-corrected chi connectivity index (χ4v) is 4.98. The number of benzene rings is 1. The second-order valence-corrected chi connectivity index (χ2v) is 8.29. The first-order chi connectivity index (χ1) is 13.2. The smallest absolute Gasteiger partial charge is 0.318 e. The van der Waals surface area contributed by atoms with Crippen LogP contribution in [0.1, 0.15) is 56.9 Å². The van der Waals surface area contributed by atoms with E-state index < -0.39 is 0 Å². The molecule has 5 heteroatoms. The zero-order valence-corrected chi connectivity index (χ0v) is 15.9. The predicted octanol–water partition coefficient (Wildman–Crippen LogP) is 3.67. The number of Topliss-reactive ketones (excluding diaryl/α,β-unsaturated/α-hetero) is 1. The van der Waals surface area contributed by atoms with E-state index in [0.717, 1.165) is 6.42 Å². The van der Waals surface area contributed by atoms with Gasteiger partial charge in [-0.1, -0.05) is 49.6 Å². The van der Waals surface area contributed by atoms with E-state index >= 15 is 0 Å². The van der Waals surface area contributed by atoms with Gasteiger partial charge >= 0.3 is 6.03 Å². The number of rotatable bonds is 7. The molecule has 1 saturated heterocycles. The third kappa shape index (κ3) is 4.34. The van der Waals surface area contributed by atoms with Gasteiger partial charge in [0.1, 0.15) is 5.78 Å². The first kappa shape index (κ1) is 18.5. The topological polar surface area (TPSA) is 58.6 Å². The molecule has 0 radical (unpaired) electrons. The molecule has 1 aromatic carbocycles. The minimum absolute atomic E-state index is 0.0112. The molecule has 2 saturated carbocycles. The molecule has 0 bridgehead atoms. The number of hydrogen-bond acceptors (Lipinski definition) is 3. The van der Waals surface area contributed by atoms with E-state index in [1.165, 1.54) is 37.7 Å². The van der Waals surface area contributed by atoms with E-state index in [0.29, 0.717) is 31.9 Å². The Bertz CT molecular complexity index is 657. The van der Waals surface area contributed by atoms with Crippen LogP contribution in [0.5, 0.6) is 0 Å². The highest BCUT2D eigenvalue weighted by atomic mass is 16.5. The van der Waals surface area contributed by atoms with Crippen molar-refractivity contribution in [2.24, 2.45) is 5.92 Å². The van der Waals surface area contributed by atoms with Crippen LogP contribution in [-0.4, -0.2) is 41.4 Å². The maximum atomic E-state index is 12.3. The van der Waals surface area contributed by atoms with Gasteiger partial charge in [0.25, 0.3) is 0 Å². The third-order valence-electron chi connectivity index (χ3n) is 6.46. The Hall–Kier alpha value is -1.88. The van der Waals surface area contributed by atoms with Gasteiger partial charge in [0.15, 0.2) is 0 Å². The summed E-state index contributed by atoms with van der Waals surface area (Å²) in [4.78, 5) is 26.0. The lowest BCUT2D eigenvalue weighted by Crippen LogP contribution is -2.38. The molecule has 4 rings (SSSR count). The van der Waals surface area contributed by atoms with Crippen LogP contribution in [0.25, 0.3) is 0 Å². The third-order valence-corrected chi connectivity index (χ3v) is 6.46. The molecular formula is C22H30N2O3. The van der Waals surface area contributed by atoms with E-state index in [2.05, 4.69) is 17.4 Å². The molecule has 1 heterocycles. The number of ketones is 1. The van der Waals surface area contributed by atoms with Crippen LogP contribution in [0.3, 0.4) is 0 Å². The monoisotopic (exact) mass is 370 g/mol. The summed E-state index contributed by atoms with van der Waals surface area (Å²) in [5.41, 5.74) is 1.19. The van der Waals surface area contributed by atoms with Crippen molar-refractivity contribution < 1.29 is 14.3 Å². The van der Waals surface area contributed by atoms with Gasteiger partial charge in [0.05, 0.1) is 24.8 Å². The average molecular weight is 370 g/mol. The maximum Gasteiger partial charge on any atom is 0.318 e. The number of hydrogen-bond donors (Lipinski definition) is 1. The minimum atomic E-state index is -0.0112. The van der Waals surface area contributed by atoms with Crippen LogP contribution in [-0.2, 0) is 16.1 Å². The number of fused-ring (bicyclic) bond motifs is 1. The van der Waals surface area contributed by atoms with Gasteiger partial charge in [0, 0.05) is 19.4 Å². The Balaban J connectivity index is 1.38. The SMILES string of the molecule is O=C1C[C@@H]2NC(=O)N(CCC(OCc3ccccc3)C3CCCCC3)[C@@H]2C1. The van der Waals surface area contributed by atoms with Crippen LogP contribution in [0.15, 0.2) is 30.3 Å². The molecule has 27 heavy (non-hydrogen) atoms. The molecule has 5 nitrogen and oxygen atoms in total. The van der Waals surface area contributed by atoms with Crippen LogP contribution in [0, 0.1) is 5.92 Å². The Morgan fingerprint density at radius 3 is 2.63 bits per heavy atom. The largest absolute Gasteiger partial charge is 0.373 e. The van der Waals surface area contributed by atoms with Crippen molar-refractivity contribution in [1.82, 2.24) is 10.2 Å². The highest BCUT2D eigenvalue weighted by Crippen LogP contribution is 2.32. The molecule has 2 amide bonds. The van der Waals surface area contributed by atoms with E-state index in [-0.39, 0.29) is 30.0 Å². The zero-order valence-electron chi connectivity index (χ0n) is 15.9. The van der Waals surface area contributed by atoms with Crippen molar-refractivity contribution in [1.29, 1.82) is 0 Å². The van der Waals surface area contributed by atoms with Gasteiger partial charge in [-0.2, -0.15) is 0 Å². The Morgan fingerprint density at radius 2 is 1.85 bits per heavy atom. The summed E-state index contributed by atoms with van der Waals surface area (Å²) in [5.74, 6) is 0.841. The maximum absolute atomic E-state index is 12.3. The van der Waals surface area contributed by atoms with E-state index in [9.17, 15) is 9.59 Å². The number of nitrogens with zero attached hydrogens (tertiary/aromatic N) is 1. The van der Waals surface area contributed by atoms with Gasteiger partial charge < -0.3 is 15.0 Å². The number of nitrogens with one attached hydrogen (secondary N) is 1. The van der Waals surface area contributed by atoms with Gasteiger partial charge in [-0.05, 0) is 30.7 Å². The van der Waals surface area contributed by atoms with Crippen LogP contribution in [0.2, 0.25) is 0 Å². The normalized spacial score (nSPS) is 26.9. The van der Waals surface area contributed by atoms with Gasteiger partial charge in [-0.25, -0.2) is 4.79 Å². The van der Waals surface area contributed by atoms with Crippen molar-refractivity contribution in [3.8, 4) is 0 Å². The molecule has 2 aliphatic carbocycles. The van der Waals surface area contributed by atoms with Crippen molar-refractivity contribution in [3.05, 3.63) is 35.9 Å². The summed E-state index contributed by atoms with van der Waals surface area (Å²) in [6, 6.07) is 10.4. The zero-order chi connectivity index (χ0) is 18.6. The summed E-state index contributed by atoms with van der Waals surface area (Å²) < 4.78 is 6.37. The molecule has 0 spiro atoms. The molecule has 3 aliphatic rings. The molecule has 1 aliphatic heterocycles. The second kappa shape index (κ2) is 8.42. The lowest BCUT2D eigenvalue weighted by atomic mass is 9.84. The Kier molecular flexibility index (Phi) is 5.77. The fourth-order valence-electron chi connectivity index (χ4n) is 4.98. The number of amides is 2. The van der Waals surface area contributed by atoms with Gasteiger partial charge in [0.2, 0.25) is 0 Å². The van der Waals surface area contributed by atoms with E-state index in [1.54, 1.807) is 0 Å². The van der Waals surface area contributed by atoms with Crippen LogP contribution in [0.4, 0.5) is 4.79 Å². The minimum Gasteiger partial charge on any atom is -0.373 e. The number of ether oxygens (including phenoxy) is 1. The molecule has 1 unspecified atom stereocenters. The first-order valence-corrected chi connectivity index (χ1v) is 10.4. The van der Waals surface area contributed by atoms with Gasteiger partial charge in [-0.3, -0.25) is 4.79 Å². The highest BCUT2D eigenvalue weighted by Gasteiger charge is 2.45. The van der Waals surface area contributed by atoms with Crippen molar-refractivity contribution in [3.63, 3.8) is 0 Å². The molecular weight excluding hydrogens is 340 g/mol. The van der Waals surface area contributed by atoms with Crippen molar-refractivity contribution >= 4 is 11.8 Å². The highest BCUT2D eigenvalue weighted by molar-refractivity contribution is 5.88. The van der Waals surface area contributed by atoms with Crippen LogP contribution >= 0.6 is 0 Å². The number of carbonyl (C=O) groups is 2. The second-order valence-electron chi connectivity index (χ2n) is 8.29. The van der Waals surface area contributed by atoms with Crippen molar-refractivity contribution in [2.75, 3.05) is 6.54 Å². The van der Waals surface area contributed by atoms with E-state index in [1.807, 2.05) is 23.1 Å². The molecule has 146 valence electrons. The first-order valence-electron chi connectivity index (χ1n) is 10.4. The Morgan fingerprint density at radius 1 is 1.07 bits per heavy atom. The summed E-state index contributed by atoms with van der Waals surface area (Å²) in [6.07, 6.45) is 8.33.